The van der Waals surface area contributed by atoms with Crippen molar-refractivity contribution in [1.82, 2.24) is 18.7 Å². The van der Waals surface area contributed by atoms with Gasteiger partial charge in [-0.2, -0.15) is 0 Å². The molecule has 0 aliphatic heterocycles. The Balaban J connectivity index is 4.80. The first-order valence-electron chi connectivity index (χ1n) is 17.5. The summed E-state index contributed by atoms with van der Waals surface area (Å²) in [6.07, 6.45) is -2.78. The van der Waals surface area contributed by atoms with E-state index in [1.165, 1.54) is 0 Å². The van der Waals surface area contributed by atoms with Gasteiger partial charge >= 0.3 is 7.94 Å². The van der Waals surface area contributed by atoms with Crippen molar-refractivity contribution in [3.05, 3.63) is 20.1 Å². The highest BCUT2D eigenvalue weighted by Gasteiger charge is 2.62. The van der Waals surface area contributed by atoms with Crippen molar-refractivity contribution in [2.75, 3.05) is 20.0 Å². The van der Waals surface area contributed by atoms with Gasteiger partial charge in [0.25, 0.3) is 0 Å². The molecule has 0 aliphatic carbocycles. The van der Waals surface area contributed by atoms with Crippen molar-refractivity contribution in [2.45, 2.75) is 159 Å². The van der Waals surface area contributed by atoms with Gasteiger partial charge in [0.05, 0.1) is 20.0 Å². The Kier molecular flexibility index (Phi) is 18.6. The lowest BCUT2D eigenvalue weighted by atomic mass is 10.3. The van der Waals surface area contributed by atoms with E-state index in [0.29, 0.717) is 0 Å². The Hall–Kier alpha value is 0.800. The van der Waals surface area contributed by atoms with E-state index in [4.69, 9.17) is 72.7 Å². The number of hydrogen-bond donors (Lipinski definition) is 0. The highest BCUT2D eigenvalue weighted by Crippen LogP contribution is 2.73. The SMILES string of the molecule is CC(C)N(C(C)C)P(=S)(C(N=N[P+](Oc1c([O-])c(Cl)c(Cl)c(Cl)c1Cl)(N(C(C)C)C(C)C)N(C(C)C)C(C)C)=P(C)(C)C)N(C(C)C)C(C)C. The number of nitrogens with zero attached hydrogens (tertiary/aromatic N) is 6. The van der Waals surface area contributed by atoms with Crippen LogP contribution in [0.2, 0.25) is 20.1 Å². The molecule has 0 aliphatic rings. The van der Waals surface area contributed by atoms with E-state index in [1.54, 1.807) is 0 Å². The number of rotatable bonds is 17. The van der Waals surface area contributed by atoms with Gasteiger partial charge in [0.15, 0.2) is 5.75 Å². The molecule has 292 valence electrons. The Morgan fingerprint density at radius 2 is 0.920 bits per heavy atom. The molecule has 0 unspecified atom stereocenters. The van der Waals surface area contributed by atoms with E-state index in [-0.39, 0.29) is 74.2 Å². The van der Waals surface area contributed by atoms with Crippen LogP contribution in [0, 0.1) is 0 Å². The van der Waals surface area contributed by atoms with Crippen LogP contribution in [0.5, 0.6) is 11.5 Å². The average Bonchev–Trinajstić information content (AvgIpc) is 2.90. The minimum absolute atomic E-state index is 0.0540. The molecule has 0 radical (unpaired) electrons. The summed E-state index contributed by atoms with van der Waals surface area (Å²) in [6.45, 7) is 39.2. The van der Waals surface area contributed by atoms with E-state index in [0.717, 1.165) is 5.16 Å². The van der Waals surface area contributed by atoms with Crippen LogP contribution >= 0.6 is 67.6 Å². The zero-order chi connectivity index (χ0) is 39.6. The Morgan fingerprint density at radius 3 is 1.20 bits per heavy atom. The van der Waals surface area contributed by atoms with Gasteiger partial charge in [-0.1, -0.05) is 65.1 Å². The van der Waals surface area contributed by atoms with Crippen LogP contribution in [0.25, 0.3) is 0 Å². The molecule has 0 saturated heterocycles. The molecule has 0 heterocycles. The van der Waals surface area contributed by atoms with Gasteiger partial charge in [-0.3, -0.25) is 13.9 Å². The van der Waals surface area contributed by atoms with E-state index >= 15 is 0 Å². The predicted molar refractivity (Wildman–Crippen MR) is 231 cm³/mol. The molecule has 0 spiro atoms. The zero-order valence-electron chi connectivity index (χ0n) is 33.9. The van der Waals surface area contributed by atoms with E-state index in [9.17, 15) is 5.11 Å². The molecule has 16 heteroatoms. The van der Waals surface area contributed by atoms with Crippen LogP contribution in [-0.4, -0.2) is 92.2 Å². The number of benzene rings is 1. The van der Waals surface area contributed by atoms with Crippen LogP contribution in [0.15, 0.2) is 10.00 Å². The van der Waals surface area contributed by atoms with E-state index in [2.05, 4.69) is 149 Å². The predicted octanol–water partition coefficient (Wildman–Crippen LogP) is 12.7. The Labute approximate surface area is 331 Å². The molecule has 0 N–H and O–H groups in total. The standard InChI is InChI=1S/C34H65Cl4N6O2P3S/c1-20(2)41(21(3)4)48(50,42(22(5)6)23(7)8)34(47(17,18)19)39-40-49(43(24(9)10)25(11)12,44(26(13)14)27(15)16)46-33-31(38)29(36)28(35)30(37)32(33)45/h20-27H,1-19H3. The van der Waals surface area contributed by atoms with Crippen molar-refractivity contribution in [3.8, 4) is 11.5 Å². The molecule has 0 aromatic heterocycles. The van der Waals surface area contributed by atoms with Crippen molar-refractivity contribution < 1.29 is 9.63 Å². The fourth-order valence-corrected chi connectivity index (χ4v) is 23.7. The Bertz CT molecular complexity index is 1340. The third-order valence-electron chi connectivity index (χ3n) is 7.97. The second-order valence-corrected chi connectivity index (χ2v) is 28.4. The summed E-state index contributed by atoms with van der Waals surface area (Å²) in [5.41, 5.74) is 0. The first-order valence-corrected chi connectivity index (χ1v) is 26.5. The maximum Gasteiger partial charge on any atom is 0.483 e. The maximum atomic E-state index is 13.9. The molecule has 0 fully saturated rings. The number of hydrogen-bond acceptors (Lipinski definition) is 6. The zero-order valence-corrected chi connectivity index (χ0v) is 40.4. The molecule has 1 aromatic rings. The van der Waals surface area contributed by atoms with Gasteiger partial charge in [-0.15, -0.1) is 14.5 Å². The molecule has 8 nitrogen and oxygen atoms in total. The summed E-state index contributed by atoms with van der Waals surface area (Å²) in [6, 6.07) is 0.204. The van der Waals surface area contributed by atoms with Crippen LogP contribution in [-0.2, 0) is 11.8 Å². The van der Waals surface area contributed by atoms with Gasteiger partial charge in [-0.05, 0) is 137 Å². The second kappa shape index (κ2) is 19.1. The summed E-state index contributed by atoms with van der Waals surface area (Å²) in [5, 5.41) is 19.7. The van der Waals surface area contributed by atoms with Crippen LogP contribution in [0.3, 0.4) is 0 Å². The highest BCUT2D eigenvalue weighted by molar-refractivity contribution is 8.24. The lowest BCUT2D eigenvalue weighted by Crippen LogP contribution is -2.49. The third kappa shape index (κ3) is 10.3. The van der Waals surface area contributed by atoms with Crippen LogP contribution in [0.4, 0.5) is 0 Å². The molecule has 50 heavy (non-hydrogen) atoms. The molecule has 0 saturated carbocycles. The molecule has 0 amide bonds. The highest BCUT2D eigenvalue weighted by atomic mass is 35.5. The largest absolute Gasteiger partial charge is 0.869 e. The molecule has 1 rings (SSSR count). The molecule has 1 aromatic carbocycles. The van der Waals surface area contributed by atoms with Crippen LogP contribution < -0.4 is 9.63 Å². The molecular weight excluding hydrogens is 791 g/mol. The number of halogens is 4. The Morgan fingerprint density at radius 1 is 0.600 bits per heavy atom. The topological polar surface area (TPSA) is 70.0 Å². The normalized spacial score (nSPS) is 14.1. The van der Waals surface area contributed by atoms with E-state index in [1.807, 2.05) is 0 Å². The van der Waals surface area contributed by atoms with Crippen molar-refractivity contribution in [2.24, 2.45) is 10.00 Å². The van der Waals surface area contributed by atoms with Gasteiger partial charge in [0, 0.05) is 48.3 Å². The fourth-order valence-electron chi connectivity index (χ4n) is 6.97. The smallest absolute Gasteiger partial charge is 0.483 e. The van der Waals surface area contributed by atoms with Gasteiger partial charge in [0.1, 0.15) is 16.5 Å². The van der Waals surface area contributed by atoms with Crippen molar-refractivity contribution in [3.63, 3.8) is 0 Å². The van der Waals surface area contributed by atoms with Crippen molar-refractivity contribution >= 4 is 84.5 Å². The second-order valence-electron chi connectivity index (χ2n) is 15.8. The summed E-state index contributed by atoms with van der Waals surface area (Å²) < 4.78 is 16.5. The van der Waals surface area contributed by atoms with Crippen LogP contribution in [0.1, 0.15) is 111 Å². The lowest BCUT2D eigenvalue weighted by Gasteiger charge is -2.51. The average molecular weight is 857 g/mol. The summed E-state index contributed by atoms with van der Waals surface area (Å²) >= 11 is 33.3. The first-order chi connectivity index (χ1) is 22.5. The van der Waals surface area contributed by atoms with E-state index < -0.39 is 26.9 Å². The van der Waals surface area contributed by atoms with Gasteiger partial charge < -0.3 is 5.11 Å². The summed E-state index contributed by atoms with van der Waals surface area (Å²) in [7, 11) is -3.51. The van der Waals surface area contributed by atoms with Gasteiger partial charge in [0.2, 0.25) is 0 Å². The minimum atomic E-state index is -3.51. The summed E-state index contributed by atoms with van der Waals surface area (Å²) in [4.78, 5) is 5.48. The fraction of sp³-hybridized carbons (Fsp3) is 0.794. The molecular formula is C34H65Cl4N6O2P3S. The lowest BCUT2D eigenvalue weighted by molar-refractivity contribution is -0.269. The molecule has 0 bridgehead atoms. The molecule has 0 atom stereocenters. The van der Waals surface area contributed by atoms with Crippen molar-refractivity contribution in [1.29, 1.82) is 0 Å². The van der Waals surface area contributed by atoms with Gasteiger partial charge in [-0.25, -0.2) is 0 Å². The third-order valence-corrected chi connectivity index (χ3v) is 23.2. The first kappa shape index (κ1) is 48.8. The quantitative estimate of drug-likeness (QED) is 0.0669. The maximum absolute atomic E-state index is 13.9. The minimum Gasteiger partial charge on any atom is -0.869 e. The summed E-state index contributed by atoms with van der Waals surface area (Å²) in [5.74, 6) is -0.848. The monoisotopic (exact) mass is 854 g/mol.